The number of halogens is 3. The van der Waals surface area contributed by atoms with Gasteiger partial charge in [-0.05, 0) is 18.6 Å². The van der Waals surface area contributed by atoms with E-state index in [-0.39, 0.29) is 18.7 Å². The smallest absolute Gasteiger partial charge is 0.383 e. The van der Waals surface area contributed by atoms with Crippen molar-refractivity contribution in [1.82, 2.24) is 10.2 Å². The fourth-order valence-corrected chi connectivity index (χ4v) is 2.89. The molecule has 1 aliphatic heterocycles. The average molecular weight is 302 g/mol. The molecule has 1 aliphatic rings. The molecule has 1 aromatic rings. The van der Waals surface area contributed by atoms with Gasteiger partial charge in [-0.15, -0.1) is 0 Å². The minimum Gasteiger partial charge on any atom is -0.383 e. The Morgan fingerprint density at radius 1 is 1.38 bits per heavy atom. The van der Waals surface area contributed by atoms with Crippen molar-refractivity contribution in [3.8, 4) is 0 Å². The topological polar surface area (TPSA) is 24.5 Å². The third-order valence-electron chi connectivity index (χ3n) is 3.90. The second-order valence-corrected chi connectivity index (χ2v) is 5.35. The maximum absolute atomic E-state index is 13.2. The molecule has 21 heavy (non-hydrogen) atoms. The van der Waals surface area contributed by atoms with Crippen LogP contribution in [-0.2, 0) is 10.9 Å². The van der Waals surface area contributed by atoms with Crippen LogP contribution in [0.3, 0.4) is 0 Å². The first kappa shape index (κ1) is 16.3. The maximum atomic E-state index is 13.2. The number of piperazine rings is 1. The lowest BCUT2D eigenvalue weighted by Gasteiger charge is -2.40. The zero-order chi connectivity index (χ0) is 15.5. The van der Waals surface area contributed by atoms with E-state index in [1.165, 1.54) is 13.2 Å². The molecular weight excluding hydrogens is 281 g/mol. The summed E-state index contributed by atoms with van der Waals surface area (Å²) in [6, 6.07) is 5.56. The second kappa shape index (κ2) is 6.77. The minimum atomic E-state index is -4.35. The molecule has 0 saturated carbocycles. The van der Waals surface area contributed by atoms with E-state index in [2.05, 4.69) is 10.2 Å². The molecule has 0 amide bonds. The largest absolute Gasteiger partial charge is 0.416 e. The number of ether oxygens (including phenoxy) is 1. The van der Waals surface area contributed by atoms with Gasteiger partial charge in [-0.1, -0.05) is 18.2 Å². The standard InChI is InChI=1S/C15H21F3N2O/c1-11-9-19-7-8-20(11)14(10-21-2)12-5-3-4-6-13(12)15(16,17)18/h3-6,11,14,19H,7-10H2,1-2H3/t11-,14-/m1/s1. The van der Waals surface area contributed by atoms with Crippen LogP contribution >= 0.6 is 0 Å². The van der Waals surface area contributed by atoms with Crippen molar-refractivity contribution in [3.63, 3.8) is 0 Å². The molecule has 1 N–H and O–H groups in total. The van der Waals surface area contributed by atoms with Crippen LogP contribution in [0.4, 0.5) is 13.2 Å². The van der Waals surface area contributed by atoms with E-state index >= 15 is 0 Å². The number of rotatable bonds is 4. The van der Waals surface area contributed by atoms with Crippen LogP contribution < -0.4 is 5.32 Å². The van der Waals surface area contributed by atoms with Crippen molar-refractivity contribution in [2.24, 2.45) is 0 Å². The average Bonchev–Trinajstić information content (AvgIpc) is 2.45. The van der Waals surface area contributed by atoms with Crippen molar-refractivity contribution in [1.29, 1.82) is 0 Å². The molecule has 0 aliphatic carbocycles. The third-order valence-corrected chi connectivity index (χ3v) is 3.90. The van der Waals surface area contributed by atoms with Crippen LogP contribution in [-0.4, -0.2) is 44.3 Å². The van der Waals surface area contributed by atoms with Gasteiger partial charge in [0.05, 0.1) is 18.2 Å². The Hall–Kier alpha value is -1.11. The van der Waals surface area contributed by atoms with Crippen LogP contribution in [0.5, 0.6) is 0 Å². The van der Waals surface area contributed by atoms with Crippen molar-refractivity contribution >= 4 is 0 Å². The molecule has 0 radical (unpaired) electrons. The molecule has 2 atom stereocenters. The summed E-state index contributed by atoms with van der Waals surface area (Å²) in [7, 11) is 1.52. The van der Waals surface area contributed by atoms with Gasteiger partial charge in [0.2, 0.25) is 0 Å². The Kier molecular flexibility index (Phi) is 5.24. The molecule has 1 aromatic carbocycles. The van der Waals surface area contributed by atoms with Gasteiger partial charge in [0.15, 0.2) is 0 Å². The fraction of sp³-hybridized carbons (Fsp3) is 0.600. The Bertz CT molecular complexity index is 464. The summed E-state index contributed by atoms with van der Waals surface area (Å²) < 4.78 is 44.9. The molecule has 0 spiro atoms. The molecule has 2 rings (SSSR count). The third kappa shape index (κ3) is 3.75. The Labute approximate surface area is 123 Å². The highest BCUT2D eigenvalue weighted by atomic mass is 19.4. The maximum Gasteiger partial charge on any atom is 0.416 e. The van der Waals surface area contributed by atoms with Gasteiger partial charge in [-0.25, -0.2) is 0 Å². The first-order valence-electron chi connectivity index (χ1n) is 7.06. The van der Waals surface area contributed by atoms with Crippen LogP contribution in [0.15, 0.2) is 24.3 Å². The van der Waals surface area contributed by atoms with Crippen molar-refractivity contribution in [2.45, 2.75) is 25.2 Å². The van der Waals surface area contributed by atoms with E-state index in [1.54, 1.807) is 12.1 Å². The van der Waals surface area contributed by atoms with E-state index in [1.807, 2.05) is 6.92 Å². The lowest BCUT2D eigenvalue weighted by Crippen LogP contribution is -2.52. The SMILES string of the molecule is COC[C@H](c1ccccc1C(F)(F)F)N1CCNC[C@H]1C. The number of benzene rings is 1. The summed E-state index contributed by atoms with van der Waals surface area (Å²) in [5.74, 6) is 0. The Morgan fingerprint density at radius 2 is 2.10 bits per heavy atom. The molecule has 1 saturated heterocycles. The van der Waals surface area contributed by atoms with E-state index in [4.69, 9.17) is 4.74 Å². The van der Waals surface area contributed by atoms with Crippen molar-refractivity contribution in [3.05, 3.63) is 35.4 Å². The minimum absolute atomic E-state index is 0.167. The van der Waals surface area contributed by atoms with Gasteiger partial charge in [-0.3, -0.25) is 4.90 Å². The monoisotopic (exact) mass is 302 g/mol. The van der Waals surface area contributed by atoms with Crippen molar-refractivity contribution in [2.75, 3.05) is 33.4 Å². The van der Waals surface area contributed by atoms with Crippen LogP contribution in [0, 0.1) is 0 Å². The molecule has 0 aromatic heterocycles. The van der Waals surface area contributed by atoms with E-state index < -0.39 is 11.7 Å². The highest BCUT2D eigenvalue weighted by Crippen LogP contribution is 2.37. The molecule has 0 bridgehead atoms. The number of methoxy groups -OCH3 is 1. The number of hydrogen-bond donors (Lipinski definition) is 1. The van der Waals surface area contributed by atoms with Gasteiger partial charge in [0.25, 0.3) is 0 Å². The Balaban J connectivity index is 2.38. The van der Waals surface area contributed by atoms with Gasteiger partial charge in [-0.2, -0.15) is 13.2 Å². The predicted molar refractivity (Wildman–Crippen MR) is 75.1 cm³/mol. The van der Waals surface area contributed by atoms with E-state index in [0.29, 0.717) is 12.1 Å². The molecule has 1 fully saturated rings. The lowest BCUT2D eigenvalue weighted by molar-refractivity contribution is -0.139. The van der Waals surface area contributed by atoms with Crippen LogP contribution in [0.2, 0.25) is 0 Å². The molecule has 3 nitrogen and oxygen atoms in total. The second-order valence-electron chi connectivity index (χ2n) is 5.35. The van der Waals surface area contributed by atoms with E-state index in [0.717, 1.165) is 19.2 Å². The summed E-state index contributed by atoms with van der Waals surface area (Å²) in [5.41, 5.74) is -0.279. The molecule has 118 valence electrons. The highest BCUT2D eigenvalue weighted by molar-refractivity contribution is 5.33. The molecule has 1 heterocycles. The lowest BCUT2D eigenvalue weighted by atomic mass is 9.97. The van der Waals surface area contributed by atoms with Gasteiger partial charge in [0, 0.05) is 32.8 Å². The van der Waals surface area contributed by atoms with Crippen molar-refractivity contribution < 1.29 is 17.9 Å². The number of hydrogen-bond acceptors (Lipinski definition) is 3. The van der Waals surface area contributed by atoms with E-state index in [9.17, 15) is 13.2 Å². The van der Waals surface area contributed by atoms with Gasteiger partial charge < -0.3 is 10.1 Å². The Morgan fingerprint density at radius 3 is 2.71 bits per heavy atom. The zero-order valence-electron chi connectivity index (χ0n) is 12.3. The predicted octanol–water partition coefficient (Wildman–Crippen LogP) is 2.69. The first-order valence-corrected chi connectivity index (χ1v) is 7.06. The molecular formula is C15H21F3N2O. The number of alkyl halides is 3. The highest BCUT2D eigenvalue weighted by Gasteiger charge is 2.37. The summed E-state index contributed by atoms with van der Waals surface area (Å²) >= 11 is 0. The van der Waals surface area contributed by atoms with Gasteiger partial charge >= 0.3 is 6.18 Å². The van der Waals surface area contributed by atoms with Gasteiger partial charge in [0.1, 0.15) is 0 Å². The van der Waals surface area contributed by atoms with Crippen LogP contribution in [0.25, 0.3) is 0 Å². The summed E-state index contributed by atoms with van der Waals surface area (Å²) in [4.78, 5) is 2.09. The number of nitrogens with one attached hydrogen (secondary N) is 1. The normalized spacial score (nSPS) is 22.2. The fourth-order valence-electron chi connectivity index (χ4n) is 2.89. The molecule has 0 unspecified atom stereocenters. The summed E-state index contributed by atoms with van der Waals surface area (Å²) in [5, 5.41) is 3.25. The first-order chi connectivity index (χ1) is 9.95. The quantitative estimate of drug-likeness (QED) is 0.925. The van der Waals surface area contributed by atoms with Crippen LogP contribution in [0.1, 0.15) is 24.1 Å². The number of nitrogens with zero attached hydrogens (tertiary/aromatic N) is 1. The zero-order valence-corrected chi connectivity index (χ0v) is 12.3. The molecule has 6 heteroatoms. The summed E-state index contributed by atoms with van der Waals surface area (Å²) in [6.07, 6.45) is -4.35. The summed E-state index contributed by atoms with van der Waals surface area (Å²) in [6.45, 7) is 4.52.